The minimum Gasteiger partial charge on any atom is -0.391 e. The lowest BCUT2D eigenvalue weighted by molar-refractivity contribution is 0.103. The van der Waals surface area contributed by atoms with E-state index in [1.165, 1.54) is 15.8 Å². The van der Waals surface area contributed by atoms with Crippen LogP contribution in [-0.2, 0) is 6.54 Å². The molecule has 0 aliphatic heterocycles. The molecular formula is C19H23Cl2N3O3. The van der Waals surface area contributed by atoms with Crippen LogP contribution in [0.5, 0.6) is 5.88 Å². The summed E-state index contributed by atoms with van der Waals surface area (Å²) < 4.78 is 6.99. The van der Waals surface area contributed by atoms with Gasteiger partial charge in [0.15, 0.2) is 0 Å². The highest BCUT2D eigenvalue weighted by atomic mass is 35.5. The summed E-state index contributed by atoms with van der Waals surface area (Å²) in [4.78, 5) is 27.0. The predicted octanol–water partition coefficient (Wildman–Crippen LogP) is 4.90. The Bertz CT molecular complexity index is 874. The van der Waals surface area contributed by atoms with Crippen LogP contribution in [0.25, 0.3) is 0 Å². The third kappa shape index (κ3) is 4.12. The Balaban J connectivity index is 2.50. The fraction of sp³-hybridized carbons (Fsp3) is 0.421. The molecule has 2 rings (SSSR count). The summed E-state index contributed by atoms with van der Waals surface area (Å²) in [5.74, 6) is -0.259. The van der Waals surface area contributed by atoms with Crippen molar-refractivity contribution in [3.8, 4) is 5.88 Å². The number of aryl methyl sites for hydroxylation is 2. The van der Waals surface area contributed by atoms with Gasteiger partial charge in [0.2, 0.25) is 11.7 Å². The molecule has 8 heteroatoms. The van der Waals surface area contributed by atoms with Gasteiger partial charge in [0, 0.05) is 30.2 Å². The van der Waals surface area contributed by atoms with Crippen LogP contribution >= 0.6 is 23.2 Å². The topological polar surface area (TPSA) is 64.4 Å². The fourth-order valence-electron chi connectivity index (χ4n) is 2.74. The Kier molecular flexibility index (Phi) is 6.89. The third-order valence-corrected chi connectivity index (χ3v) is 5.46. The summed E-state index contributed by atoms with van der Waals surface area (Å²) in [7, 11) is 0. The molecule has 2 aromatic rings. The number of carbonyl (C=O) groups is 2. The molecule has 1 aromatic heterocycles. The minimum atomic E-state index is -0.529. The number of hydrogen-bond acceptors (Lipinski definition) is 4. The Hall–Kier alpha value is -2.05. The van der Waals surface area contributed by atoms with Crippen LogP contribution in [0, 0.1) is 13.8 Å². The number of halogens is 2. The molecule has 146 valence electrons. The molecule has 1 amide bonds. The molecule has 0 radical (unpaired) electrons. The van der Waals surface area contributed by atoms with Crippen molar-refractivity contribution in [2.24, 2.45) is 0 Å². The number of amides is 1. The van der Waals surface area contributed by atoms with E-state index in [0.717, 1.165) is 5.56 Å². The van der Waals surface area contributed by atoms with Gasteiger partial charge in [-0.3, -0.25) is 4.79 Å². The average molecular weight is 412 g/mol. The second-order valence-electron chi connectivity index (χ2n) is 6.04. The average Bonchev–Trinajstić information content (AvgIpc) is 3.05. The third-order valence-electron chi connectivity index (χ3n) is 4.39. The zero-order valence-corrected chi connectivity index (χ0v) is 17.6. The quantitative estimate of drug-likeness (QED) is 0.634. The largest absolute Gasteiger partial charge is 0.416 e. The molecule has 0 atom stereocenters. The molecule has 0 bridgehead atoms. The first-order chi connectivity index (χ1) is 12.8. The minimum absolute atomic E-state index is 0.112. The van der Waals surface area contributed by atoms with Crippen LogP contribution in [0.1, 0.15) is 47.8 Å². The smallest absolute Gasteiger partial charge is 0.391 e. The normalized spacial score (nSPS) is 10.8. The molecule has 0 unspecified atom stereocenters. The predicted molar refractivity (Wildman–Crippen MR) is 106 cm³/mol. The number of ether oxygens (including phenoxy) is 1. The van der Waals surface area contributed by atoms with Crippen molar-refractivity contribution in [1.29, 1.82) is 0 Å². The number of ketones is 1. The van der Waals surface area contributed by atoms with Crippen LogP contribution < -0.4 is 4.74 Å². The molecule has 6 nitrogen and oxygen atoms in total. The van der Waals surface area contributed by atoms with E-state index in [0.29, 0.717) is 35.8 Å². The maximum absolute atomic E-state index is 13.1. The Morgan fingerprint density at radius 1 is 1.11 bits per heavy atom. The lowest BCUT2D eigenvalue weighted by Gasteiger charge is -2.18. The maximum atomic E-state index is 13.1. The lowest BCUT2D eigenvalue weighted by Crippen LogP contribution is -2.34. The van der Waals surface area contributed by atoms with Gasteiger partial charge in [-0.15, -0.1) is 0 Å². The van der Waals surface area contributed by atoms with Crippen LogP contribution in [0.3, 0.4) is 0 Å². The first kappa shape index (κ1) is 21.3. The van der Waals surface area contributed by atoms with Gasteiger partial charge in [-0.2, -0.15) is 5.10 Å². The lowest BCUT2D eigenvalue weighted by atomic mass is 10.0. The SMILES string of the molecule is CCN(CC)C(=O)Oc1c(C(=O)c2cc(C)c(Cl)c(C)c2Cl)cnn1CC. The van der Waals surface area contributed by atoms with Gasteiger partial charge >= 0.3 is 6.09 Å². The first-order valence-corrected chi connectivity index (χ1v) is 9.54. The van der Waals surface area contributed by atoms with E-state index in [4.69, 9.17) is 27.9 Å². The molecule has 0 fully saturated rings. The second kappa shape index (κ2) is 8.76. The van der Waals surface area contributed by atoms with E-state index in [1.807, 2.05) is 20.8 Å². The van der Waals surface area contributed by atoms with Crippen molar-refractivity contribution in [2.45, 2.75) is 41.2 Å². The van der Waals surface area contributed by atoms with Gasteiger partial charge in [0.25, 0.3) is 0 Å². The number of carbonyl (C=O) groups excluding carboxylic acids is 2. The van der Waals surface area contributed by atoms with Gasteiger partial charge in [-0.25, -0.2) is 9.48 Å². The number of hydrogen-bond donors (Lipinski definition) is 0. The van der Waals surface area contributed by atoms with Gasteiger partial charge < -0.3 is 9.64 Å². The van der Waals surface area contributed by atoms with E-state index < -0.39 is 6.09 Å². The Morgan fingerprint density at radius 3 is 2.30 bits per heavy atom. The molecule has 1 heterocycles. The highest BCUT2D eigenvalue weighted by Gasteiger charge is 2.26. The van der Waals surface area contributed by atoms with Crippen LogP contribution in [0.2, 0.25) is 10.0 Å². The van der Waals surface area contributed by atoms with Crippen molar-refractivity contribution in [3.05, 3.63) is 44.6 Å². The summed E-state index contributed by atoms with van der Waals surface area (Å²) in [6, 6.07) is 1.64. The van der Waals surface area contributed by atoms with E-state index in [9.17, 15) is 9.59 Å². The van der Waals surface area contributed by atoms with Crippen LogP contribution in [0.15, 0.2) is 12.3 Å². The molecule has 0 saturated heterocycles. The molecule has 1 aromatic carbocycles. The summed E-state index contributed by atoms with van der Waals surface area (Å²) in [6.45, 7) is 10.6. The van der Waals surface area contributed by atoms with Crippen molar-refractivity contribution < 1.29 is 14.3 Å². The number of aromatic nitrogens is 2. The molecule has 0 spiro atoms. The van der Waals surface area contributed by atoms with Gasteiger partial charge in [-0.1, -0.05) is 23.2 Å². The highest BCUT2D eigenvalue weighted by Crippen LogP contribution is 2.33. The van der Waals surface area contributed by atoms with Gasteiger partial charge in [-0.05, 0) is 51.8 Å². The molecular weight excluding hydrogens is 389 g/mol. The van der Waals surface area contributed by atoms with E-state index in [-0.39, 0.29) is 22.2 Å². The van der Waals surface area contributed by atoms with Crippen molar-refractivity contribution in [2.75, 3.05) is 13.1 Å². The Morgan fingerprint density at radius 2 is 1.74 bits per heavy atom. The first-order valence-electron chi connectivity index (χ1n) is 8.79. The van der Waals surface area contributed by atoms with Gasteiger partial charge in [0.1, 0.15) is 5.56 Å². The molecule has 0 saturated carbocycles. The monoisotopic (exact) mass is 411 g/mol. The summed E-state index contributed by atoms with van der Waals surface area (Å²) in [5.41, 5.74) is 1.85. The summed E-state index contributed by atoms with van der Waals surface area (Å²) in [6.07, 6.45) is 0.866. The maximum Gasteiger partial charge on any atom is 0.416 e. The van der Waals surface area contributed by atoms with Crippen molar-refractivity contribution >= 4 is 35.1 Å². The molecule has 0 N–H and O–H groups in total. The van der Waals surface area contributed by atoms with E-state index >= 15 is 0 Å². The summed E-state index contributed by atoms with van der Waals surface area (Å²) in [5, 5.41) is 4.97. The number of nitrogens with zero attached hydrogens (tertiary/aromatic N) is 3. The second-order valence-corrected chi connectivity index (χ2v) is 6.80. The Labute approximate surface area is 169 Å². The van der Waals surface area contributed by atoms with Crippen LogP contribution in [-0.4, -0.2) is 39.6 Å². The van der Waals surface area contributed by atoms with Crippen LogP contribution in [0.4, 0.5) is 4.79 Å². The summed E-state index contributed by atoms with van der Waals surface area (Å²) >= 11 is 12.6. The fourth-order valence-corrected chi connectivity index (χ4v) is 3.17. The molecule has 0 aliphatic rings. The van der Waals surface area contributed by atoms with Gasteiger partial charge in [0.05, 0.1) is 11.2 Å². The van der Waals surface area contributed by atoms with Crippen molar-refractivity contribution in [1.82, 2.24) is 14.7 Å². The number of benzene rings is 1. The van der Waals surface area contributed by atoms with Crippen molar-refractivity contribution in [3.63, 3.8) is 0 Å². The standard InChI is InChI=1S/C19H23Cl2N3O3/c1-6-23(7-2)19(26)27-18-14(10-22-24(18)8-3)17(25)13-9-11(4)15(20)12(5)16(13)21/h9-10H,6-8H2,1-5H3. The molecule has 0 aliphatic carbocycles. The molecule has 27 heavy (non-hydrogen) atoms. The van der Waals surface area contributed by atoms with E-state index in [1.54, 1.807) is 19.9 Å². The van der Waals surface area contributed by atoms with E-state index in [2.05, 4.69) is 5.10 Å². The number of rotatable bonds is 6. The highest BCUT2D eigenvalue weighted by molar-refractivity contribution is 6.39. The zero-order valence-electron chi connectivity index (χ0n) is 16.1. The zero-order chi connectivity index (χ0) is 20.3.